The fraction of sp³-hybridized carbons (Fsp3) is 0.333. The van der Waals surface area contributed by atoms with Crippen molar-refractivity contribution in [3.8, 4) is 5.75 Å². The standard InChI is InChI=1S/C18H24N2O/c1-12(2)17-7-5-6-8-18(17)20-15-9-14(19)10-16(11-15)21-13(3)4/h5-13,20H,19H2,1-4H3. The first-order valence-corrected chi connectivity index (χ1v) is 7.39. The van der Waals surface area contributed by atoms with Gasteiger partial charge in [0.25, 0.3) is 0 Å². The summed E-state index contributed by atoms with van der Waals surface area (Å²) in [6.07, 6.45) is 0.127. The van der Waals surface area contributed by atoms with Gasteiger partial charge in [-0.1, -0.05) is 32.0 Å². The normalized spacial score (nSPS) is 11.0. The van der Waals surface area contributed by atoms with Gasteiger partial charge >= 0.3 is 0 Å². The molecule has 21 heavy (non-hydrogen) atoms. The third-order valence-corrected chi connectivity index (χ3v) is 3.16. The lowest BCUT2D eigenvalue weighted by molar-refractivity contribution is 0.242. The molecule has 0 heterocycles. The molecular formula is C18H24N2O. The predicted octanol–water partition coefficient (Wildman–Crippen LogP) is 4.92. The molecule has 3 heteroatoms. The molecule has 0 aliphatic carbocycles. The van der Waals surface area contributed by atoms with E-state index in [4.69, 9.17) is 10.5 Å². The van der Waals surface area contributed by atoms with Crippen LogP contribution in [-0.4, -0.2) is 6.10 Å². The van der Waals surface area contributed by atoms with Gasteiger partial charge in [0.2, 0.25) is 0 Å². The van der Waals surface area contributed by atoms with E-state index in [0.717, 1.165) is 17.1 Å². The van der Waals surface area contributed by atoms with Crippen LogP contribution >= 0.6 is 0 Å². The Labute approximate surface area is 127 Å². The van der Waals surface area contributed by atoms with Crippen molar-refractivity contribution in [2.75, 3.05) is 11.1 Å². The highest BCUT2D eigenvalue weighted by atomic mass is 16.5. The first-order chi connectivity index (χ1) is 9.95. The Morgan fingerprint density at radius 2 is 1.71 bits per heavy atom. The average molecular weight is 284 g/mol. The van der Waals surface area contributed by atoms with Crippen molar-refractivity contribution in [1.29, 1.82) is 0 Å². The maximum absolute atomic E-state index is 5.97. The lowest BCUT2D eigenvalue weighted by Crippen LogP contribution is -2.06. The lowest BCUT2D eigenvalue weighted by atomic mass is 10.0. The van der Waals surface area contributed by atoms with E-state index in [1.807, 2.05) is 38.1 Å². The van der Waals surface area contributed by atoms with Crippen LogP contribution in [0.4, 0.5) is 17.1 Å². The number of nitrogen functional groups attached to an aromatic ring is 1. The number of nitrogens with one attached hydrogen (secondary N) is 1. The van der Waals surface area contributed by atoms with Crippen LogP contribution in [0.3, 0.4) is 0 Å². The largest absolute Gasteiger partial charge is 0.491 e. The number of anilines is 3. The van der Waals surface area contributed by atoms with Crippen molar-refractivity contribution < 1.29 is 4.74 Å². The Kier molecular flexibility index (Phi) is 4.73. The number of rotatable bonds is 5. The molecule has 0 spiro atoms. The summed E-state index contributed by atoms with van der Waals surface area (Å²) in [5, 5.41) is 3.45. The molecule has 0 radical (unpaired) electrons. The van der Waals surface area contributed by atoms with Crippen molar-refractivity contribution in [1.82, 2.24) is 0 Å². The highest BCUT2D eigenvalue weighted by Crippen LogP contribution is 2.30. The molecule has 0 aliphatic heterocycles. The fourth-order valence-electron chi connectivity index (χ4n) is 2.30. The third-order valence-electron chi connectivity index (χ3n) is 3.16. The minimum atomic E-state index is 0.127. The minimum absolute atomic E-state index is 0.127. The van der Waals surface area contributed by atoms with Crippen molar-refractivity contribution in [2.45, 2.75) is 39.7 Å². The van der Waals surface area contributed by atoms with E-state index in [0.29, 0.717) is 11.6 Å². The summed E-state index contributed by atoms with van der Waals surface area (Å²) in [6.45, 7) is 8.38. The Morgan fingerprint density at radius 1 is 1.00 bits per heavy atom. The van der Waals surface area contributed by atoms with Gasteiger partial charge in [-0.25, -0.2) is 0 Å². The summed E-state index contributed by atoms with van der Waals surface area (Å²) in [6, 6.07) is 14.1. The molecule has 0 aliphatic rings. The molecule has 3 N–H and O–H groups in total. The molecular weight excluding hydrogens is 260 g/mol. The number of para-hydroxylation sites is 1. The third kappa shape index (κ3) is 4.15. The minimum Gasteiger partial charge on any atom is -0.491 e. The summed E-state index contributed by atoms with van der Waals surface area (Å²) in [5.74, 6) is 1.25. The predicted molar refractivity (Wildman–Crippen MR) is 90.4 cm³/mol. The first kappa shape index (κ1) is 15.2. The highest BCUT2D eigenvalue weighted by Gasteiger charge is 2.07. The topological polar surface area (TPSA) is 47.3 Å². The van der Waals surface area contributed by atoms with Gasteiger partial charge in [-0.05, 0) is 37.5 Å². The lowest BCUT2D eigenvalue weighted by Gasteiger charge is -2.16. The molecule has 0 amide bonds. The first-order valence-electron chi connectivity index (χ1n) is 7.39. The number of nitrogens with two attached hydrogens (primary N) is 1. The molecule has 3 nitrogen and oxygen atoms in total. The summed E-state index contributed by atoms with van der Waals surface area (Å²) in [4.78, 5) is 0. The summed E-state index contributed by atoms with van der Waals surface area (Å²) in [7, 11) is 0. The van der Waals surface area contributed by atoms with E-state index in [9.17, 15) is 0 Å². The van der Waals surface area contributed by atoms with E-state index in [1.165, 1.54) is 5.56 Å². The Bertz CT molecular complexity index is 606. The molecule has 0 unspecified atom stereocenters. The molecule has 2 rings (SSSR count). The van der Waals surface area contributed by atoms with E-state index >= 15 is 0 Å². The maximum Gasteiger partial charge on any atom is 0.123 e. The highest BCUT2D eigenvalue weighted by molar-refractivity contribution is 5.68. The van der Waals surface area contributed by atoms with Crippen LogP contribution < -0.4 is 15.8 Å². The zero-order valence-electron chi connectivity index (χ0n) is 13.2. The van der Waals surface area contributed by atoms with Crippen LogP contribution in [0.5, 0.6) is 5.75 Å². The monoisotopic (exact) mass is 284 g/mol. The van der Waals surface area contributed by atoms with Gasteiger partial charge < -0.3 is 15.8 Å². The SMILES string of the molecule is CC(C)Oc1cc(N)cc(Nc2ccccc2C(C)C)c1. The van der Waals surface area contributed by atoms with Crippen LogP contribution in [0.25, 0.3) is 0 Å². The molecule has 0 saturated heterocycles. The van der Waals surface area contributed by atoms with Crippen LogP contribution in [0.2, 0.25) is 0 Å². The van der Waals surface area contributed by atoms with Crippen LogP contribution in [-0.2, 0) is 0 Å². The fourth-order valence-corrected chi connectivity index (χ4v) is 2.30. The van der Waals surface area contributed by atoms with Gasteiger partial charge in [0.1, 0.15) is 5.75 Å². The molecule has 0 atom stereocenters. The number of ether oxygens (including phenoxy) is 1. The van der Waals surface area contributed by atoms with Crippen molar-refractivity contribution in [2.24, 2.45) is 0 Å². The Balaban J connectivity index is 2.29. The molecule has 0 aromatic heterocycles. The quantitative estimate of drug-likeness (QED) is 0.766. The Morgan fingerprint density at radius 3 is 2.38 bits per heavy atom. The zero-order valence-corrected chi connectivity index (χ0v) is 13.2. The van der Waals surface area contributed by atoms with Gasteiger partial charge in [0.15, 0.2) is 0 Å². The van der Waals surface area contributed by atoms with Crippen LogP contribution in [0, 0.1) is 0 Å². The van der Waals surface area contributed by atoms with E-state index in [2.05, 4.69) is 37.4 Å². The summed E-state index contributed by atoms with van der Waals surface area (Å²) in [5.41, 5.74) is 9.99. The smallest absolute Gasteiger partial charge is 0.123 e. The van der Waals surface area contributed by atoms with Gasteiger partial charge in [-0.15, -0.1) is 0 Å². The van der Waals surface area contributed by atoms with Crippen molar-refractivity contribution >= 4 is 17.1 Å². The number of benzene rings is 2. The van der Waals surface area contributed by atoms with Gasteiger partial charge in [0, 0.05) is 29.2 Å². The molecule has 2 aromatic rings. The summed E-state index contributed by atoms with van der Waals surface area (Å²) >= 11 is 0. The zero-order chi connectivity index (χ0) is 15.4. The molecule has 0 fully saturated rings. The van der Waals surface area contributed by atoms with Gasteiger partial charge in [0.05, 0.1) is 6.10 Å². The van der Waals surface area contributed by atoms with Crippen LogP contribution in [0.1, 0.15) is 39.2 Å². The van der Waals surface area contributed by atoms with Crippen molar-refractivity contribution in [3.63, 3.8) is 0 Å². The van der Waals surface area contributed by atoms with Crippen molar-refractivity contribution in [3.05, 3.63) is 48.0 Å². The second-order valence-corrected chi connectivity index (χ2v) is 5.82. The molecule has 112 valence electrons. The average Bonchev–Trinajstić information content (AvgIpc) is 2.37. The number of hydrogen-bond donors (Lipinski definition) is 2. The van der Waals surface area contributed by atoms with E-state index in [-0.39, 0.29) is 6.10 Å². The van der Waals surface area contributed by atoms with Gasteiger partial charge in [-0.3, -0.25) is 0 Å². The van der Waals surface area contributed by atoms with E-state index < -0.39 is 0 Å². The van der Waals surface area contributed by atoms with Crippen LogP contribution in [0.15, 0.2) is 42.5 Å². The summed E-state index contributed by atoms with van der Waals surface area (Å²) < 4.78 is 5.73. The second-order valence-electron chi connectivity index (χ2n) is 5.82. The second kappa shape index (κ2) is 6.53. The number of hydrogen-bond acceptors (Lipinski definition) is 3. The molecule has 2 aromatic carbocycles. The van der Waals surface area contributed by atoms with Gasteiger partial charge in [-0.2, -0.15) is 0 Å². The maximum atomic E-state index is 5.97. The van der Waals surface area contributed by atoms with E-state index in [1.54, 1.807) is 0 Å². The Hall–Kier alpha value is -2.16. The molecule has 0 saturated carbocycles. The molecule has 0 bridgehead atoms.